The standard InChI is InChI=1S/C26H26ClFN4O4/c1-15(33)18-12-31(24-17(18)6-4-8-29-24)13-22(34)32-20(9-26(14-36-2)10-21(26)32)25(35)30-11-16-5-3-7-19(27)23(16)28/h3-8,12,20-21H,9-11,13-14H2,1-2H3,(H,30,35)/t20-,21+,26-/m0/s1. The Labute approximate surface area is 212 Å². The average Bonchev–Trinajstić information content (AvgIpc) is 3.26. The van der Waals surface area contributed by atoms with Gasteiger partial charge in [-0.15, -0.1) is 0 Å². The van der Waals surface area contributed by atoms with Crippen LogP contribution in [0.4, 0.5) is 4.39 Å². The second kappa shape index (κ2) is 9.29. The third-order valence-corrected chi connectivity index (χ3v) is 7.54. The molecular weight excluding hydrogens is 487 g/mol. The van der Waals surface area contributed by atoms with Crippen molar-refractivity contribution in [1.82, 2.24) is 19.8 Å². The first-order valence-electron chi connectivity index (χ1n) is 11.7. The maximum Gasteiger partial charge on any atom is 0.243 e. The maximum absolute atomic E-state index is 14.3. The van der Waals surface area contributed by atoms with Crippen LogP contribution in [0, 0.1) is 11.2 Å². The molecule has 1 N–H and O–H groups in total. The van der Waals surface area contributed by atoms with Gasteiger partial charge in [0.25, 0.3) is 0 Å². The Bertz CT molecular complexity index is 1380. The molecule has 3 aromatic rings. The summed E-state index contributed by atoms with van der Waals surface area (Å²) in [6, 6.07) is 7.32. The Morgan fingerprint density at radius 3 is 2.81 bits per heavy atom. The predicted octanol–water partition coefficient (Wildman–Crippen LogP) is 3.35. The predicted molar refractivity (Wildman–Crippen MR) is 131 cm³/mol. The molecular formula is C26H26ClFN4O4. The Morgan fingerprint density at radius 2 is 2.06 bits per heavy atom. The van der Waals surface area contributed by atoms with Crippen molar-refractivity contribution in [2.24, 2.45) is 5.41 Å². The molecule has 0 spiro atoms. The number of ketones is 1. The summed E-state index contributed by atoms with van der Waals surface area (Å²) in [7, 11) is 1.60. The highest BCUT2D eigenvalue weighted by molar-refractivity contribution is 6.30. The summed E-state index contributed by atoms with van der Waals surface area (Å²) in [5.74, 6) is -1.30. The minimum Gasteiger partial charge on any atom is -0.384 e. The van der Waals surface area contributed by atoms with Crippen LogP contribution < -0.4 is 5.32 Å². The summed E-state index contributed by atoms with van der Waals surface area (Å²) in [6.07, 6.45) is 4.46. The van der Waals surface area contributed by atoms with Crippen molar-refractivity contribution in [2.75, 3.05) is 13.7 Å². The van der Waals surface area contributed by atoms with Gasteiger partial charge in [0, 0.05) is 54.0 Å². The molecule has 0 radical (unpaired) electrons. The molecule has 1 saturated heterocycles. The molecule has 188 valence electrons. The quantitative estimate of drug-likeness (QED) is 0.467. The zero-order valence-corrected chi connectivity index (χ0v) is 20.7. The zero-order chi connectivity index (χ0) is 25.6. The van der Waals surface area contributed by atoms with Gasteiger partial charge in [-0.1, -0.05) is 23.7 Å². The molecule has 2 aromatic heterocycles. The van der Waals surface area contributed by atoms with Crippen LogP contribution in [0.5, 0.6) is 0 Å². The number of likely N-dealkylation sites (tertiary alicyclic amines) is 1. The van der Waals surface area contributed by atoms with E-state index in [4.69, 9.17) is 16.3 Å². The van der Waals surface area contributed by atoms with Crippen molar-refractivity contribution in [3.05, 3.63) is 64.7 Å². The van der Waals surface area contributed by atoms with E-state index in [-0.39, 0.29) is 52.7 Å². The number of halogens is 2. The fourth-order valence-corrected chi connectivity index (χ4v) is 5.64. The smallest absolute Gasteiger partial charge is 0.243 e. The van der Waals surface area contributed by atoms with Crippen molar-refractivity contribution in [3.8, 4) is 0 Å². The minimum absolute atomic E-state index is 0.0165. The normalized spacial score (nSPS) is 22.5. The number of aromatic nitrogens is 2. The van der Waals surface area contributed by atoms with Gasteiger partial charge in [0.05, 0.1) is 11.6 Å². The number of pyridine rings is 1. The Balaban J connectivity index is 1.38. The number of nitrogens with one attached hydrogen (secondary N) is 1. The van der Waals surface area contributed by atoms with Crippen LogP contribution in [-0.4, -0.2) is 57.8 Å². The fraction of sp³-hybridized carbons (Fsp3) is 0.385. The number of carbonyl (C=O) groups is 3. The van der Waals surface area contributed by atoms with Crippen LogP contribution in [0.25, 0.3) is 11.0 Å². The molecule has 1 aromatic carbocycles. The highest BCUT2D eigenvalue weighted by Crippen LogP contribution is 2.59. The lowest BCUT2D eigenvalue weighted by Crippen LogP contribution is -2.48. The summed E-state index contributed by atoms with van der Waals surface area (Å²) in [5.41, 5.74) is 1.03. The first-order chi connectivity index (χ1) is 17.3. The first-order valence-corrected chi connectivity index (χ1v) is 12.1. The summed E-state index contributed by atoms with van der Waals surface area (Å²) in [6.45, 7) is 1.81. The third-order valence-electron chi connectivity index (χ3n) is 7.24. The van der Waals surface area contributed by atoms with Gasteiger partial charge in [0.1, 0.15) is 24.1 Å². The van der Waals surface area contributed by atoms with E-state index in [0.717, 1.165) is 6.42 Å². The van der Waals surface area contributed by atoms with E-state index >= 15 is 0 Å². The summed E-state index contributed by atoms with van der Waals surface area (Å²) in [5, 5.41) is 3.43. The molecule has 0 bridgehead atoms. The van der Waals surface area contributed by atoms with Crippen LogP contribution in [0.1, 0.15) is 35.7 Å². The first kappa shape index (κ1) is 24.4. The number of carbonyl (C=O) groups excluding carboxylic acids is 3. The molecule has 1 aliphatic heterocycles. The van der Waals surface area contributed by atoms with Crippen molar-refractivity contribution in [3.63, 3.8) is 0 Å². The van der Waals surface area contributed by atoms with Crippen molar-refractivity contribution >= 4 is 40.2 Å². The van der Waals surface area contributed by atoms with Gasteiger partial charge in [0.2, 0.25) is 11.8 Å². The van der Waals surface area contributed by atoms with Crippen LogP contribution in [0.15, 0.2) is 42.7 Å². The number of fused-ring (bicyclic) bond motifs is 2. The number of piperidine rings is 1. The van der Waals surface area contributed by atoms with Crippen molar-refractivity contribution in [2.45, 2.75) is 44.9 Å². The van der Waals surface area contributed by atoms with E-state index in [1.54, 1.807) is 53.2 Å². The molecule has 0 unspecified atom stereocenters. The van der Waals surface area contributed by atoms with Crippen LogP contribution in [-0.2, 0) is 27.4 Å². The number of hydrogen-bond acceptors (Lipinski definition) is 5. The molecule has 3 heterocycles. The maximum atomic E-state index is 14.3. The number of ether oxygens (including phenoxy) is 1. The van der Waals surface area contributed by atoms with E-state index < -0.39 is 11.9 Å². The van der Waals surface area contributed by atoms with Crippen molar-refractivity contribution in [1.29, 1.82) is 0 Å². The Hall–Kier alpha value is -3.30. The lowest BCUT2D eigenvalue weighted by atomic mass is 10.00. The zero-order valence-electron chi connectivity index (χ0n) is 20.0. The van der Waals surface area contributed by atoms with Crippen LogP contribution in [0.2, 0.25) is 5.02 Å². The second-order valence-electron chi connectivity index (χ2n) is 9.57. The van der Waals surface area contributed by atoms with Gasteiger partial charge >= 0.3 is 0 Å². The SMILES string of the molecule is COC[C@@]12C[C@@H](C(=O)NCc3cccc(Cl)c3F)N(C(=O)Cn3cc(C(C)=O)c4cccnc43)[C@@H]1C2. The highest BCUT2D eigenvalue weighted by atomic mass is 35.5. The van der Waals surface area contributed by atoms with Gasteiger partial charge in [-0.2, -0.15) is 0 Å². The van der Waals surface area contributed by atoms with Gasteiger partial charge in [-0.25, -0.2) is 9.37 Å². The van der Waals surface area contributed by atoms with E-state index in [2.05, 4.69) is 10.3 Å². The van der Waals surface area contributed by atoms with Gasteiger partial charge in [-0.3, -0.25) is 14.4 Å². The number of nitrogens with zero attached hydrogens (tertiary/aromatic N) is 3. The molecule has 36 heavy (non-hydrogen) atoms. The van der Waals surface area contributed by atoms with E-state index in [1.807, 2.05) is 0 Å². The molecule has 5 rings (SSSR count). The number of Topliss-reactive ketones (excluding diaryl/α,β-unsaturated/α-hetero) is 1. The third kappa shape index (κ3) is 4.16. The molecule has 10 heteroatoms. The molecule has 3 atom stereocenters. The van der Waals surface area contributed by atoms with Crippen molar-refractivity contribution < 1.29 is 23.5 Å². The Morgan fingerprint density at radius 1 is 1.25 bits per heavy atom. The monoisotopic (exact) mass is 512 g/mol. The minimum atomic E-state index is -0.712. The van der Waals surface area contributed by atoms with Gasteiger partial charge in [0.15, 0.2) is 5.78 Å². The summed E-state index contributed by atoms with van der Waals surface area (Å²) >= 11 is 5.86. The lowest BCUT2D eigenvalue weighted by molar-refractivity contribution is -0.140. The number of hydrogen-bond donors (Lipinski definition) is 1. The molecule has 2 fully saturated rings. The topological polar surface area (TPSA) is 93.5 Å². The fourth-order valence-electron chi connectivity index (χ4n) is 5.44. The van der Waals surface area contributed by atoms with Crippen LogP contribution in [0.3, 0.4) is 0 Å². The van der Waals surface area contributed by atoms with Crippen LogP contribution >= 0.6 is 11.6 Å². The van der Waals surface area contributed by atoms with E-state index in [0.29, 0.717) is 29.6 Å². The second-order valence-corrected chi connectivity index (χ2v) is 9.98. The molecule has 1 aliphatic carbocycles. The number of methoxy groups -OCH3 is 1. The summed E-state index contributed by atoms with van der Waals surface area (Å²) < 4.78 is 21.4. The molecule has 1 saturated carbocycles. The largest absolute Gasteiger partial charge is 0.384 e. The molecule has 2 aliphatic rings. The van der Waals surface area contributed by atoms with Gasteiger partial charge in [-0.05, 0) is 38.0 Å². The average molecular weight is 513 g/mol. The highest BCUT2D eigenvalue weighted by Gasteiger charge is 2.67. The molecule has 8 nitrogen and oxygen atoms in total. The number of benzene rings is 1. The number of amides is 2. The lowest BCUT2D eigenvalue weighted by Gasteiger charge is -2.27. The van der Waals surface area contributed by atoms with E-state index in [1.165, 1.54) is 13.0 Å². The van der Waals surface area contributed by atoms with Gasteiger partial charge < -0.3 is 19.5 Å². The summed E-state index contributed by atoms with van der Waals surface area (Å²) in [4.78, 5) is 45.0. The molecule has 2 amide bonds. The Kier molecular flexibility index (Phi) is 6.30. The number of rotatable bonds is 8. The van der Waals surface area contributed by atoms with E-state index in [9.17, 15) is 18.8 Å².